The van der Waals surface area contributed by atoms with Crippen LogP contribution in [0.1, 0.15) is 35.3 Å². The third-order valence-electron chi connectivity index (χ3n) is 6.47. The smallest absolute Gasteiger partial charge is 0.266 e. The van der Waals surface area contributed by atoms with Gasteiger partial charge in [-0.1, -0.05) is 12.1 Å². The van der Waals surface area contributed by atoms with Gasteiger partial charge in [0.2, 0.25) is 0 Å². The highest BCUT2D eigenvalue weighted by molar-refractivity contribution is 6.16. The van der Waals surface area contributed by atoms with Gasteiger partial charge in [0.05, 0.1) is 41.2 Å². The molecule has 0 amide bonds. The largest absolute Gasteiger partial charge is 0.492 e. The summed E-state index contributed by atoms with van der Waals surface area (Å²) < 4.78 is 48.9. The predicted octanol–water partition coefficient (Wildman–Crippen LogP) is 4.62. The number of benzene rings is 2. The van der Waals surface area contributed by atoms with E-state index in [1.54, 1.807) is 6.92 Å². The number of aromatic nitrogens is 4. The van der Waals surface area contributed by atoms with Gasteiger partial charge in [-0.25, -0.2) is 28.1 Å². The third-order valence-corrected chi connectivity index (χ3v) is 6.47. The first-order valence-corrected chi connectivity index (χ1v) is 12.3. The topological polar surface area (TPSA) is 155 Å². The fraction of sp³-hybridized carbons (Fsp3) is 0.103. The molecular weight excluding hydrogens is 549 g/mol. The van der Waals surface area contributed by atoms with Crippen LogP contribution in [0.4, 0.5) is 24.8 Å². The van der Waals surface area contributed by atoms with Gasteiger partial charge in [-0.3, -0.25) is 14.6 Å². The van der Waals surface area contributed by atoms with E-state index >= 15 is 0 Å². The Balaban J connectivity index is 1.64. The lowest BCUT2D eigenvalue weighted by atomic mass is 9.99. The number of nitrogens with one attached hydrogen (secondary N) is 2. The Bertz CT molecular complexity index is 1990. The maximum Gasteiger partial charge on any atom is 0.266 e. The van der Waals surface area contributed by atoms with Crippen LogP contribution in [0.25, 0.3) is 16.8 Å². The van der Waals surface area contributed by atoms with E-state index in [-0.39, 0.29) is 62.3 Å². The van der Waals surface area contributed by atoms with Crippen LogP contribution in [0.5, 0.6) is 5.75 Å². The van der Waals surface area contributed by atoms with E-state index < -0.39 is 29.1 Å². The second-order valence-corrected chi connectivity index (χ2v) is 9.14. The van der Waals surface area contributed by atoms with Gasteiger partial charge < -0.3 is 15.8 Å². The Kier molecular flexibility index (Phi) is 7.28. The monoisotopic (exact) mass is 570 g/mol. The number of halogens is 3. The van der Waals surface area contributed by atoms with Gasteiger partial charge in [-0.05, 0) is 48.9 Å². The number of fused-ring (bicyclic) bond motifs is 1. The maximum atomic E-state index is 14.7. The van der Waals surface area contributed by atoms with Crippen LogP contribution >= 0.6 is 0 Å². The molecule has 0 radical (unpaired) electrons. The number of nitrogen functional groups attached to an aromatic ring is 1. The van der Waals surface area contributed by atoms with Crippen molar-refractivity contribution in [1.82, 2.24) is 19.4 Å². The maximum absolute atomic E-state index is 14.7. The van der Waals surface area contributed by atoms with Crippen LogP contribution in [-0.2, 0) is 0 Å². The second kappa shape index (κ2) is 11.0. The number of rotatable bonds is 7. The van der Waals surface area contributed by atoms with Crippen molar-refractivity contribution in [3.63, 3.8) is 0 Å². The van der Waals surface area contributed by atoms with Crippen LogP contribution < -0.4 is 21.3 Å². The highest BCUT2D eigenvalue weighted by atomic mass is 19.1. The molecule has 4 N–H and O–H groups in total. The molecule has 1 atom stereocenters. The lowest BCUT2D eigenvalue weighted by molar-refractivity contribution is 0.385. The molecular formula is C29H21F3N8O2. The number of pyridine rings is 1. The fourth-order valence-electron chi connectivity index (χ4n) is 4.56. The summed E-state index contributed by atoms with van der Waals surface area (Å²) >= 11 is 0. The molecule has 0 spiro atoms. The van der Waals surface area contributed by atoms with Crippen molar-refractivity contribution >= 4 is 23.0 Å². The van der Waals surface area contributed by atoms with E-state index in [0.29, 0.717) is 0 Å². The zero-order valence-corrected chi connectivity index (χ0v) is 22.1. The minimum atomic E-state index is -0.855. The van der Waals surface area contributed by atoms with Crippen molar-refractivity contribution in [2.45, 2.75) is 13.0 Å². The van der Waals surface area contributed by atoms with E-state index in [1.165, 1.54) is 37.4 Å². The van der Waals surface area contributed by atoms with E-state index in [1.807, 2.05) is 6.07 Å². The molecule has 2 aromatic carbocycles. The number of hydrogen-bond acceptors (Lipinski definition) is 9. The molecule has 0 aliphatic carbocycles. The molecule has 5 rings (SSSR count). The summed E-state index contributed by atoms with van der Waals surface area (Å²) in [4.78, 5) is 26.3. The normalized spacial score (nSPS) is 11.6. The lowest BCUT2D eigenvalue weighted by Gasteiger charge is -2.21. The first-order valence-electron chi connectivity index (χ1n) is 12.3. The van der Waals surface area contributed by atoms with Gasteiger partial charge in [-0.15, -0.1) is 0 Å². The number of anilines is 2. The average molecular weight is 571 g/mol. The standard InChI is InChI=1S/C29H21F3N8O2/c1-14(25-22(15-4-3-5-18(30)9-15)29(41)40-12-19(31)6-7-21(40)39-25)38-28-23(27(35)36-13-37-28)24(34)16-8-17(11-33)26(42-2)20(32)10-16/h3-10,12-14,34H,1-2H3,(H3,35,36,37,38). The molecule has 3 aromatic heterocycles. The molecule has 13 heteroatoms. The molecule has 10 nitrogen and oxygen atoms in total. The number of hydrogen-bond donors (Lipinski definition) is 3. The van der Waals surface area contributed by atoms with Gasteiger partial charge in [0.15, 0.2) is 11.6 Å². The molecule has 0 aliphatic heterocycles. The van der Waals surface area contributed by atoms with Gasteiger partial charge in [-0.2, -0.15) is 5.26 Å². The molecule has 1 unspecified atom stereocenters. The quantitative estimate of drug-likeness (QED) is 0.240. The summed E-state index contributed by atoms with van der Waals surface area (Å²) in [6.45, 7) is 1.65. The molecule has 5 aromatic rings. The minimum absolute atomic E-state index is 0.00611. The van der Waals surface area contributed by atoms with E-state index in [4.69, 9.17) is 15.9 Å². The summed E-state index contributed by atoms with van der Waals surface area (Å²) in [6.07, 6.45) is 2.14. The van der Waals surface area contributed by atoms with Crippen LogP contribution in [0.2, 0.25) is 0 Å². The molecule has 0 bridgehead atoms. The first-order chi connectivity index (χ1) is 20.1. The van der Waals surface area contributed by atoms with Crippen LogP contribution in [-0.4, -0.2) is 32.2 Å². The van der Waals surface area contributed by atoms with Crippen molar-refractivity contribution in [2.75, 3.05) is 18.2 Å². The molecule has 0 saturated heterocycles. The number of nitrogens with zero attached hydrogens (tertiary/aromatic N) is 5. The Morgan fingerprint density at radius 1 is 1.14 bits per heavy atom. The van der Waals surface area contributed by atoms with Crippen LogP contribution in [0.3, 0.4) is 0 Å². The number of methoxy groups -OCH3 is 1. The Morgan fingerprint density at radius 3 is 2.64 bits per heavy atom. The minimum Gasteiger partial charge on any atom is -0.492 e. The van der Waals surface area contributed by atoms with Crippen molar-refractivity contribution in [3.8, 4) is 22.9 Å². The zero-order valence-electron chi connectivity index (χ0n) is 22.1. The summed E-state index contributed by atoms with van der Waals surface area (Å²) in [7, 11) is 1.22. The predicted molar refractivity (Wildman–Crippen MR) is 149 cm³/mol. The van der Waals surface area contributed by atoms with Crippen molar-refractivity contribution < 1.29 is 17.9 Å². The van der Waals surface area contributed by atoms with Crippen molar-refractivity contribution in [3.05, 3.63) is 111 Å². The van der Waals surface area contributed by atoms with Gasteiger partial charge >= 0.3 is 0 Å². The highest BCUT2D eigenvalue weighted by Crippen LogP contribution is 2.31. The second-order valence-electron chi connectivity index (χ2n) is 9.14. The number of nitrogens with two attached hydrogens (primary N) is 1. The zero-order chi connectivity index (χ0) is 30.1. The number of nitriles is 1. The van der Waals surface area contributed by atoms with Crippen molar-refractivity contribution in [1.29, 1.82) is 10.7 Å². The van der Waals surface area contributed by atoms with Gasteiger partial charge in [0.25, 0.3) is 5.56 Å². The first kappa shape index (κ1) is 27.8. The SMILES string of the molecule is COc1c(F)cc(C(=N)c2c(N)ncnc2NC(C)c2nc3ccc(F)cn3c(=O)c2-c2cccc(F)c2)cc1C#N. The number of ether oxygens (including phenoxy) is 1. The highest BCUT2D eigenvalue weighted by Gasteiger charge is 2.24. The van der Waals surface area contributed by atoms with E-state index in [0.717, 1.165) is 35.1 Å². The van der Waals surface area contributed by atoms with E-state index in [9.17, 15) is 23.2 Å². The lowest BCUT2D eigenvalue weighted by Crippen LogP contribution is -2.24. The molecule has 42 heavy (non-hydrogen) atoms. The summed E-state index contributed by atoms with van der Waals surface area (Å²) in [5.74, 6) is -2.45. The Morgan fingerprint density at radius 2 is 1.93 bits per heavy atom. The summed E-state index contributed by atoms with van der Waals surface area (Å²) in [5, 5.41) is 21.3. The molecule has 210 valence electrons. The van der Waals surface area contributed by atoms with Crippen LogP contribution in [0, 0.1) is 34.2 Å². The van der Waals surface area contributed by atoms with Gasteiger partial charge in [0.1, 0.15) is 41.3 Å². The summed E-state index contributed by atoms with van der Waals surface area (Å²) in [6, 6.07) is 11.1. The Labute approximate surface area is 236 Å². The molecule has 3 heterocycles. The molecule has 0 aliphatic rings. The van der Waals surface area contributed by atoms with E-state index in [2.05, 4.69) is 20.3 Å². The Hall–Kier alpha value is -5.77. The van der Waals surface area contributed by atoms with Crippen LogP contribution in [0.15, 0.2) is 65.8 Å². The average Bonchev–Trinajstić information content (AvgIpc) is 2.96. The van der Waals surface area contributed by atoms with Crippen molar-refractivity contribution in [2.24, 2.45) is 0 Å². The van der Waals surface area contributed by atoms with Gasteiger partial charge in [0, 0.05) is 11.8 Å². The third kappa shape index (κ3) is 4.97. The fourth-order valence-corrected chi connectivity index (χ4v) is 4.56. The molecule has 0 fully saturated rings. The summed E-state index contributed by atoms with van der Waals surface area (Å²) in [5.41, 5.74) is 5.59. The molecule has 0 saturated carbocycles.